The van der Waals surface area contributed by atoms with Crippen molar-refractivity contribution in [2.45, 2.75) is 64.1 Å². The van der Waals surface area contributed by atoms with Crippen molar-refractivity contribution in [2.75, 3.05) is 33.4 Å². The third-order valence-electron chi connectivity index (χ3n) is 7.32. The fourth-order valence-electron chi connectivity index (χ4n) is 5.35. The summed E-state index contributed by atoms with van der Waals surface area (Å²) >= 11 is 6.35. The molecule has 5 rings (SSSR count). The van der Waals surface area contributed by atoms with Crippen molar-refractivity contribution in [3.63, 3.8) is 0 Å². The molecule has 0 spiro atoms. The number of carbonyl (C=O) groups excluding carboxylic acids is 1. The average molecular weight is 527 g/mol. The molecule has 198 valence electrons. The predicted molar refractivity (Wildman–Crippen MR) is 143 cm³/mol. The maximum atomic E-state index is 12.6. The van der Waals surface area contributed by atoms with Crippen molar-refractivity contribution < 1.29 is 19.0 Å². The number of pyridine rings is 2. The lowest BCUT2D eigenvalue weighted by atomic mass is 9.90. The van der Waals surface area contributed by atoms with Crippen LogP contribution in [0.5, 0.6) is 0 Å². The van der Waals surface area contributed by atoms with E-state index in [2.05, 4.69) is 34.8 Å². The number of hydrogen-bond acceptors (Lipinski definition) is 6. The summed E-state index contributed by atoms with van der Waals surface area (Å²) in [4.78, 5) is 23.8. The summed E-state index contributed by atoms with van der Waals surface area (Å²) in [6, 6.07) is 6.05. The van der Waals surface area contributed by atoms with Gasteiger partial charge in [-0.1, -0.05) is 11.6 Å². The van der Waals surface area contributed by atoms with E-state index in [4.69, 9.17) is 30.8 Å². The summed E-state index contributed by atoms with van der Waals surface area (Å²) in [6.45, 7) is 10.2. The lowest BCUT2D eigenvalue weighted by Crippen LogP contribution is -2.41. The molecule has 3 aromatic heterocycles. The molecule has 2 saturated heterocycles. The summed E-state index contributed by atoms with van der Waals surface area (Å²) in [5.74, 6) is 1.09. The number of fused-ring (bicyclic) bond motifs is 1. The first kappa shape index (κ1) is 25.9. The molecule has 3 aromatic rings. The summed E-state index contributed by atoms with van der Waals surface area (Å²) < 4.78 is 19.3. The number of hydrogen-bond donors (Lipinski definition) is 0. The molecule has 2 fully saturated rings. The van der Waals surface area contributed by atoms with Crippen molar-refractivity contribution in [2.24, 2.45) is 0 Å². The quantitative estimate of drug-likeness (QED) is 0.402. The van der Waals surface area contributed by atoms with Crippen LogP contribution in [0.1, 0.15) is 62.8 Å². The number of aryl methyl sites for hydroxylation is 1. The number of rotatable bonds is 4. The highest BCUT2D eigenvalue weighted by molar-refractivity contribution is 6.30. The van der Waals surface area contributed by atoms with Gasteiger partial charge < -0.3 is 23.7 Å². The molecule has 1 atom stereocenters. The average Bonchev–Trinajstić information content (AvgIpc) is 3.48. The molecule has 0 aliphatic carbocycles. The zero-order valence-electron chi connectivity index (χ0n) is 22.2. The number of likely N-dealkylation sites (tertiary alicyclic amines) is 1. The van der Waals surface area contributed by atoms with Gasteiger partial charge in [0, 0.05) is 57.1 Å². The summed E-state index contributed by atoms with van der Waals surface area (Å²) in [7, 11) is 1.72. The van der Waals surface area contributed by atoms with Crippen LogP contribution in [-0.2, 0) is 19.8 Å². The van der Waals surface area contributed by atoms with Crippen LogP contribution in [0.15, 0.2) is 30.6 Å². The van der Waals surface area contributed by atoms with Crippen LogP contribution in [0.25, 0.3) is 16.7 Å². The van der Waals surface area contributed by atoms with E-state index in [0.717, 1.165) is 47.2 Å². The van der Waals surface area contributed by atoms with Gasteiger partial charge in [0.15, 0.2) is 0 Å². The van der Waals surface area contributed by atoms with Crippen molar-refractivity contribution in [1.82, 2.24) is 19.4 Å². The molecule has 0 N–H and O–H groups in total. The largest absolute Gasteiger partial charge is 0.444 e. The molecule has 0 radical (unpaired) electrons. The number of nitrogens with zero attached hydrogens (tertiary/aromatic N) is 4. The highest BCUT2D eigenvalue weighted by Gasteiger charge is 2.39. The fourth-order valence-corrected chi connectivity index (χ4v) is 5.51. The van der Waals surface area contributed by atoms with Gasteiger partial charge in [-0.25, -0.2) is 14.8 Å². The molecule has 0 bridgehead atoms. The van der Waals surface area contributed by atoms with Gasteiger partial charge in [-0.3, -0.25) is 0 Å². The minimum absolute atomic E-state index is 0.249. The molecule has 37 heavy (non-hydrogen) atoms. The zero-order chi connectivity index (χ0) is 26.4. The van der Waals surface area contributed by atoms with Gasteiger partial charge in [0.2, 0.25) is 0 Å². The Bertz CT molecular complexity index is 1300. The van der Waals surface area contributed by atoms with Gasteiger partial charge in [-0.2, -0.15) is 0 Å². The third-order valence-corrected chi connectivity index (χ3v) is 7.53. The van der Waals surface area contributed by atoms with Crippen molar-refractivity contribution >= 4 is 28.6 Å². The molecule has 0 unspecified atom stereocenters. The molecule has 0 aromatic carbocycles. The van der Waals surface area contributed by atoms with Crippen LogP contribution < -0.4 is 0 Å². The first-order valence-electron chi connectivity index (χ1n) is 12.9. The zero-order valence-corrected chi connectivity index (χ0v) is 23.0. The minimum Gasteiger partial charge on any atom is -0.444 e. The van der Waals surface area contributed by atoms with Crippen LogP contribution in [0.2, 0.25) is 5.15 Å². The second-order valence-electron chi connectivity index (χ2n) is 11.1. The van der Waals surface area contributed by atoms with Gasteiger partial charge in [-0.05, 0) is 69.7 Å². The number of ether oxygens (including phenoxy) is 3. The van der Waals surface area contributed by atoms with Gasteiger partial charge in [0.25, 0.3) is 0 Å². The molecule has 1 amide bonds. The number of carbonyl (C=O) groups is 1. The highest BCUT2D eigenvalue weighted by atomic mass is 35.5. The molecule has 8 nitrogen and oxygen atoms in total. The lowest BCUT2D eigenvalue weighted by molar-refractivity contribution is -0.0246. The van der Waals surface area contributed by atoms with E-state index in [1.54, 1.807) is 12.0 Å². The number of amides is 1. The Balaban J connectivity index is 1.49. The van der Waals surface area contributed by atoms with Crippen molar-refractivity contribution in [1.29, 1.82) is 0 Å². The van der Waals surface area contributed by atoms with E-state index in [9.17, 15) is 4.79 Å². The van der Waals surface area contributed by atoms with Crippen molar-refractivity contribution in [3.8, 4) is 5.82 Å². The second-order valence-corrected chi connectivity index (χ2v) is 11.5. The van der Waals surface area contributed by atoms with Crippen LogP contribution >= 0.6 is 11.6 Å². The fraction of sp³-hybridized carbons (Fsp3) is 0.536. The Morgan fingerprint density at radius 3 is 2.62 bits per heavy atom. The first-order valence-corrected chi connectivity index (χ1v) is 13.2. The normalized spacial score (nSPS) is 21.1. The van der Waals surface area contributed by atoms with Gasteiger partial charge >= 0.3 is 6.09 Å². The third kappa shape index (κ3) is 5.19. The van der Waals surface area contributed by atoms with Crippen LogP contribution in [0.3, 0.4) is 0 Å². The SMILES string of the molecule is CO[C@@]1(c2cc(C)cc(-n3cc(C4CCN(C(=O)OC(C)(C)C)CC4)c4cnc(Cl)cc43)n2)CCOC1. The van der Waals surface area contributed by atoms with E-state index in [-0.39, 0.29) is 12.0 Å². The molecule has 2 aliphatic rings. The number of aromatic nitrogens is 3. The van der Waals surface area contributed by atoms with E-state index in [1.807, 2.05) is 33.0 Å². The Hall–Kier alpha value is -2.68. The van der Waals surface area contributed by atoms with Crippen molar-refractivity contribution in [3.05, 3.63) is 52.6 Å². The molecular formula is C28H35ClN4O4. The molecule has 5 heterocycles. The summed E-state index contributed by atoms with van der Waals surface area (Å²) in [6.07, 6.45) is 6.22. The van der Waals surface area contributed by atoms with Gasteiger partial charge in [0.1, 0.15) is 22.2 Å². The first-order chi connectivity index (χ1) is 17.6. The van der Waals surface area contributed by atoms with E-state index >= 15 is 0 Å². The summed E-state index contributed by atoms with van der Waals surface area (Å²) in [5, 5.41) is 1.49. The monoisotopic (exact) mass is 526 g/mol. The van der Waals surface area contributed by atoms with E-state index in [1.165, 1.54) is 5.56 Å². The lowest BCUT2D eigenvalue weighted by Gasteiger charge is -2.33. The molecule has 2 aliphatic heterocycles. The molecule has 0 saturated carbocycles. The Morgan fingerprint density at radius 1 is 1.22 bits per heavy atom. The van der Waals surface area contributed by atoms with Gasteiger partial charge in [-0.15, -0.1) is 0 Å². The number of piperidine rings is 1. The number of methoxy groups -OCH3 is 1. The highest BCUT2D eigenvalue weighted by Crippen LogP contribution is 2.38. The van der Waals surface area contributed by atoms with Gasteiger partial charge in [0.05, 0.1) is 17.8 Å². The Kier molecular flexibility index (Phi) is 6.94. The summed E-state index contributed by atoms with van der Waals surface area (Å²) in [5.41, 5.74) is 3.08. The minimum atomic E-state index is -0.541. The molecular weight excluding hydrogens is 492 g/mol. The topological polar surface area (TPSA) is 78.7 Å². The maximum Gasteiger partial charge on any atom is 0.410 e. The van der Waals surface area contributed by atoms with Crippen LogP contribution in [0, 0.1) is 6.92 Å². The second kappa shape index (κ2) is 9.89. The predicted octanol–water partition coefficient (Wildman–Crippen LogP) is 5.76. The Labute approximate surface area is 222 Å². The van der Waals surface area contributed by atoms with E-state index in [0.29, 0.717) is 31.5 Å². The van der Waals surface area contributed by atoms with E-state index < -0.39 is 11.2 Å². The Morgan fingerprint density at radius 2 is 1.97 bits per heavy atom. The maximum absolute atomic E-state index is 12.6. The molecule has 9 heteroatoms. The number of halogens is 1. The smallest absolute Gasteiger partial charge is 0.410 e. The van der Waals surface area contributed by atoms with Crippen LogP contribution in [-0.4, -0.2) is 64.5 Å². The van der Waals surface area contributed by atoms with Crippen LogP contribution in [0.4, 0.5) is 4.79 Å². The standard InChI is InChI=1S/C28H35ClN4O4/c1-18-12-23(28(35-5)8-11-36-17-28)31-25(13-18)33-16-21(20-15-30-24(29)14-22(20)33)19-6-9-32(10-7-19)26(34)37-27(2,3)4/h12-16,19H,6-11,17H2,1-5H3/t28-/m0/s1.